The number of fused-ring (bicyclic) bond motifs is 1. The lowest BCUT2D eigenvalue weighted by atomic mass is 10.1. The fourth-order valence-electron chi connectivity index (χ4n) is 2.91. The van der Waals surface area contributed by atoms with Crippen LogP contribution in [0.1, 0.15) is 13.2 Å². The molecule has 0 saturated carbocycles. The number of nitrogen functional groups attached to an aromatic ring is 1. The largest absolute Gasteiger partial charge is 0.472 e. The van der Waals surface area contributed by atoms with Gasteiger partial charge >= 0.3 is 15.6 Å². The number of aliphatic hydroxyl groups is 1. The van der Waals surface area contributed by atoms with Crippen LogP contribution in [0, 0.1) is 0 Å². The van der Waals surface area contributed by atoms with Crippen molar-refractivity contribution in [3.8, 4) is 0 Å². The van der Waals surface area contributed by atoms with Gasteiger partial charge in [-0.3, -0.25) is 32.4 Å². The standard InChI is InChI=1S/C13H21N5O11P2/c1-3-26-31(23,24)29-9-6(4-27-30(21,22)25-2)28-12(8(9)19)18-5-15-7-10(18)16-13(14)17-11(7)20/h5-6,8-9,12,19H,3-4H2,1-2H3,(H,21,22)(H,23,24)(H3,14,16,17,20)/t6-,8-,9-,12-/m1/s1. The fraction of sp³-hybridized carbons (Fsp3) is 0.615. The van der Waals surface area contributed by atoms with E-state index in [1.165, 1.54) is 6.92 Å². The zero-order valence-electron chi connectivity index (χ0n) is 16.2. The molecule has 3 rings (SSSR count). The van der Waals surface area contributed by atoms with Gasteiger partial charge in [0.15, 0.2) is 17.4 Å². The third-order valence-electron chi connectivity index (χ3n) is 4.21. The molecule has 2 unspecified atom stereocenters. The molecule has 0 amide bonds. The second kappa shape index (κ2) is 9.03. The van der Waals surface area contributed by atoms with Crippen molar-refractivity contribution in [2.24, 2.45) is 0 Å². The number of nitrogens with two attached hydrogens (primary N) is 1. The summed E-state index contributed by atoms with van der Waals surface area (Å²) < 4.78 is 49.2. The van der Waals surface area contributed by atoms with Crippen molar-refractivity contribution in [2.75, 3.05) is 26.1 Å². The van der Waals surface area contributed by atoms with Gasteiger partial charge in [0.05, 0.1) is 19.5 Å². The normalized spacial score (nSPS) is 27.9. The van der Waals surface area contributed by atoms with Gasteiger partial charge in [0, 0.05) is 7.11 Å². The van der Waals surface area contributed by atoms with Gasteiger partial charge < -0.3 is 25.4 Å². The second-order valence-electron chi connectivity index (χ2n) is 6.23. The number of nitrogens with zero attached hydrogens (tertiary/aromatic N) is 3. The second-order valence-corrected chi connectivity index (χ2v) is 9.20. The van der Waals surface area contributed by atoms with Gasteiger partial charge in [-0.25, -0.2) is 14.1 Å². The average Bonchev–Trinajstić information content (AvgIpc) is 3.22. The summed E-state index contributed by atoms with van der Waals surface area (Å²) in [6.45, 7) is 0.605. The summed E-state index contributed by atoms with van der Waals surface area (Å²) >= 11 is 0. The molecule has 2 aromatic heterocycles. The number of phosphoric acid groups is 2. The molecule has 0 aromatic carbocycles. The lowest BCUT2D eigenvalue weighted by Crippen LogP contribution is -2.36. The lowest BCUT2D eigenvalue weighted by molar-refractivity contribution is -0.0509. The quantitative estimate of drug-likeness (QED) is 0.275. The first-order valence-corrected chi connectivity index (χ1v) is 11.7. The Labute approximate surface area is 174 Å². The third-order valence-corrected chi connectivity index (χ3v) is 6.25. The van der Waals surface area contributed by atoms with Gasteiger partial charge in [-0.15, -0.1) is 0 Å². The highest BCUT2D eigenvalue weighted by Gasteiger charge is 2.50. The number of aromatic nitrogens is 4. The molecule has 0 spiro atoms. The van der Waals surface area contributed by atoms with Crippen molar-refractivity contribution >= 4 is 32.8 Å². The Hall–Kier alpha value is -1.71. The fourth-order valence-corrected chi connectivity index (χ4v) is 4.31. The summed E-state index contributed by atoms with van der Waals surface area (Å²) in [5.74, 6) is -0.225. The van der Waals surface area contributed by atoms with Crippen LogP contribution in [0.2, 0.25) is 0 Å². The summed E-state index contributed by atoms with van der Waals surface area (Å²) in [5.41, 5.74) is 4.76. The Balaban J connectivity index is 1.95. The molecule has 1 aliphatic heterocycles. The smallest absolute Gasteiger partial charge is 0.386 e. The highest BCUT2D eigenvalue weighted by molar-refractivity contribution is 7.47. The number of aliphatic hydroxyl groups excluding tert-OH is 1. The minimum Gasteiger partial charge on any atom is -0.386 e. The number of nitrogens with one attached hydrogen (secondary N) is 1. The molecule has 3 heterocycles. The number of rotatable bonds is 9. The van der Waals surface area contributed by atoms with Crippen molar-refractivity contribution in [1.82, 2.24) is 19.5 Å². The zero-order valence-corrected chi connectivity index (χ0v) is 18.0. The van der Waals surface area contributed by atoms with Crippen molar-refractivity contribution in [2.45, 2.75) is 31.5 Å². The molecular weight excluding hydrogens is 464 g/mol. The molecule has 1 aliphatic rings. The van der Waals surface area contributed by atoms with Gasteiger partial charge in [-0.1, -0.05) is 0 Å². The molecule has 1 saturated heterocycles. The molecule has 0 radical (unpaired) electrons. The number of H-pyrrole nitrogens is 1. The topological polar surface area (TPSA) is 231 Å². The van der Waals surface area contributed by atoms with E-state index in [0.717, 1.165) is 18.0 Å². The molecule has 16 nitrogen and oxygen atoms in total. The van der Waals surface area contributed by atoms with Crippen LogP contribution in [0.5, 0.6) is 0 Å². The Bertz CT molecular complexity index is 1090. The highest BCUT2D eigenvalue weighted by atomic mass is 31.2. The number of imidazole rings is 1. The minimum absolute atomic E-state index is 0.0488. The predicted octanol–water partition coefficient (Wildman–Crippen LogP) is -0.754. The van der Waals surface area contributed by atoms with E-state index >= 15 is 0 Å². The Kier molecular flexibility index (Phi) is 6.98. The Morgan fingerprint density at radius 2 is 2.03 bits per heavy atom. The summed E-state index contributed by atoms with van der Waals surface area (Å²) in [4.78, 5) is 41.4. The van der Waals surface area contributed by atoms with Crippen LogP contribution < -0.4 is 11.3 Å². The van der Waals surface area contributed by atoms with E-state index in [1.807, 2.05) is 0 Å². The first kappa shape index (κ1) is 23.9. The molecular formula is C13H21N5O11P2. The monoisotopic (exact) mass is 485 g/mol. The van der Waals surface area contributed by atoms with Gasteiger partial charge in [0.25, 0.3) is 5.56 Å². The summed E-state index contributed by atoms with van der Waals surface area (Å²) in [5, 5.41) is 10.8. The van der Waals surface area contributed by atoms with E-state index < -0.39 is 52.4 Å². The maximum Gasteiger partial charge on any atom is 0.472 e. The number of phosphoric ester groups is 2. The first-order chi connectivity index (χ1) is 14.5. The summed E-state index contributed by atoms with van der Waals surface area (Å²) in [6, 6.07) is 0. The molecule has 0 aliphatic carbocycles. The van der Waals surface area contributed by atoms with Crippen molar-refractivity contribution in [3.05, 3.63) is 16.7 Å². The lowest BCUT2D eigenvalue weighted by Gasteiger charge is -2.23. The molecule has 18 heteroatoms. The number of hydrogen-bond acceptors (Lipinski definition) is 12. The summed E-state index contributed by atoms with van der Waals surface area (Å²) in [6.07, 6.45) is -4.75. The minimum atomic E-state index is -4.63. The SMILES string of the molecule is CCOP(=O)(O)O[C@H]1[C@@H](O)[C@H](n2cnc3c(=O)[nH]c(N)nc32)O[C@@H]1COP(=O)(O)OC. The number of hydrogen-bond donors (Lipinski definition) is 5. The predicted molar refractivity (Wildman–Crippen MR) is 102 cm³/mol. The molecule has 2 aromatic rings. The van der Waals surface area contributed by atoms with Gasteiger partial charge in [0.1, 0.15) is 18.3 Å². The maximum absolute atomic E-state index is 12.1. The number of anilines is 1. The van der Waals surface area contributed by atoms with Crippen LogP contribution in [0.25, 0.3) is 11.2 Å². The number of ether oxygens (including phenoxy) is 1. The van der Waals surface area contributed by atoms with E-state index in [9.17, 15) is 28.8 Å². The van der Waals surface area contributed by atoms with Crippen molar-refractivity contribution < 1.29 is 46.9 Å². The van der Waals surface area contributed by atoms with Crippen LogP contribution >= 0.6 is 15.6 Å². The van der Waals surface area contributed by atoms with Crippen LogP contribution in [-0.2, 0) is 32.0 Å². The average molecular weight is 485 g/mol. The molecule has 6 atom stereocenters. The zero-order chi connectivity index (χ0) is 23.0. The maximum atomic E-state index is 12.1. The van der Waals surface area contributed by atoms with E-state index in [-0.39, 0.29) is 23.7 Å². The van der Waals surface area contributed by atoms with Crippen LogP contribution in [0.4, 0.5) is 5.95 Å². The van der Waals surface area contributed by atoms with Crippen LogP contribution in [0.3, 0.4) is 0 Å². The first-order valence-electron chi connectivity index (χ1n) is 8.72. The highest BCUT2D eigenvalue weighted by Crippen LogP contribution is 2.49. The summed E-state index contributed by atoms with van der Waals surface area (Å²) in [7, 11) is -8.14. The van der Waals surface area contributed by atoms with E-state index in [0.29, 0.717) is 0 Å². The molecule has 6 N–H and O–H groups in total. The third kappa shape index (κ3) is 5.21. The van der Waals surface area contributed by atoms with E-state index in [2.05, 4.69) is 24.0 Å². The van der Waals surface area contributed by atoms with E-state index in [1.54, 1.807) is 0 Å². The van der Waals surface area contributed by atoms with Crippen LogP contribution in [0.15, 0.2) is 11.1 Å². The van der Waals surface area contributed by atoms with E-state index in [4.69, 9.17) is 19.5 Å². The Morgan fingerprint density at radius 1 is 1.32 bits per heavy atom. The Morgan fingerprint density at radius 3 is 2.68 bits per heavy atom. The van der Waals surface area contributed by atoms with Gasteiger partial charge in [-0.05, 0) is 6.92 Å². The molecule has 0 bridgehead atoms. The van der Waals surface area contributed by atoms with Crippen LogP contribution in [-0.4, -0.2) is 73.0 Å². The van der Waals surface area contributed by atoms with Gasteiger partial charge in [0.2, 0.25) is 5.95 Å². The molecule has 1 fully saturated rings. The van der Waals surface area contributed by atoms with Crippen molar-refractivity contribution in [1.29, 1.82) is 0 Å². The number of aromatic amines is 1. The van der Waals surface area contributed by atoms with Gasteiger partial charge in [-0.2, -0.15) is 4.98 Å². The molecule has 31 heavy (non-hydrogen) atoms. The molecule has 174 valence electrons. The van der Waals surface area contributed by atoms with Crippen molar-refractivity contribution in [3.63, 3.8) is 0 Å².